The van der Waals surface area contributed by atoms with Crippen LogP contribution in [0.5, 0.6) is 0 Å². The van der Waals surface area contributed by atoms with Crippen LogP contribution in [0.1, 0.15) is 39.0 Å². The number of aliphatic hydroxyl groups is 2. The summed E-state index contributed by atoms with van der Waals surface area (Å²) in [5.41, 5.74) is -0.382. The Morgan fingerprint density at radius 1 is 1.40 bits per heavy atom. The van der Waals surface area contributed by atoms with Crippen molar-refractivity contribution in [2.45, 2.75) is 50.7 Å². The number of hydrogen-bond acceptors (Lipinski definition) is 3. The summed E-state index contributed by atoms with van der Waals surface area (Å²) in [5, 5.41) is 19.8. The van der Waals surface area contributed by atoms with Crippen LogP contribution in [0.2, 0.25) is 0 Å². The quantitative estimate of drug-likeness (QED) is 0.719. The molecule has 1 aliphatic heterocycles. The topological polar surface area (TPSA) is 43.7 Å². The Kier molecular flexibility index (Phi) is 3.33. The highest BCUT2D eigenvalue weighted by Gasteiger charge is 2.42. The Balaban J connectivity index is 1.93. The molecule has 3 atom stereocenters. The molecule has 0 aromatic heterocycles. The third-order valence-corrected chi connectivity index (χ3v) is 4.03. The third-order valence-electron chi connectivity index (χ3n) is 4.03. The van der Waals surface area contributed by atoms with Gasteiger partial charge in [0.15, 0.2) is 0 Å². The minimum Gasteiger partial charge on any atom is -0.392 e. The number of piperidine rings is 1. The zero-order valence-corrected chi connectivity index (χ0v) is 9.65. The summed E-state index contributed by atoms with van der Waals surface area (Å²) in [7, 11) is 0. The molecule has 3 nitrogen and oxygen atoms in total. The highest BCUT2D eigenvalue weighted by molar-refractivity contribution is 4.95. The molecule has 0 radical (unpaired) electrons. The Bertz CT molecular complexity index is 220. The van der Waals surface area contributed by atoms with E-state index in [9.17, 15) is 10.2 Å². The molecule has 1 saturated heterocycles. The van der Waals surface area contributed by atoms with E-state index in [0.29, 0.717) is 5.92 Å². The van der Waals surface area contributed by atoms with E-state index in [4.69, 9.17) is 0 Å². The van der Waals surface area contributed by atoms with E-state index in [-0.39, 0.29) is 11.7 Å². The van der Waals surface area contributed by atoms with Crippen LogP contribution in [0.25, 0.3) is 0 Å². The molecule has 1 aliphatic carbocycles. The zero-order valence-electron chi connectivity index (χ0n) is 9.65. The summed E-state index contributed by atoms with van der Waals surface area (Å²) in [6.07, 6.45) is 5.23. The smallest absolute Gasteiger partial charge is 0.0700 e. The van der Waals surface area contributed by atoms with Crippen molar-refractivity contribution >= 4 is 0 Å². The van der Waals surface area contributed by atoms with Gasteiger partial charge in [-0.25, -0.2) is 0 Å². The molecule has 2 unspecified atom stereocenters. The summed E-state index contributed by atoms with van der Waals surface area (Å²) >= 11 is 0. The van der Waals surface area contributed by atoms with Gasteiger partial charge in [0.1, 0.15) is 0 Å². The zero-order chi connectivity index (χ0) is 10.9. The molecule has 15 heavy (non-hydrogen) atoms. The molecular formula is C12H23NO2. The first-order valence-corrected chi connectivity index (χ1v) is 6.23. The Labute approximate surface area is 92.1 Å². The summed E-state index contributed by atoms with van der Waals surface area (Å²) in [6.45, 7) is 4.51. The normalized spacial score (nSPS) is 39.8. The number of fused-ring (bicyclic) bond motifs is 1. The van der Waals surface area contributed by atoms with Crippen LogP contribution < -0.4 is 0 Å². The van der Waals surface area contributed by atoms with Crippen LogP contribution in [0.4, 0.5) is 0 Å². The Morgan fingerprint density at radius 2 is 2.20 bits per heavy atom. The van der Waals surface area contributed by atoms with Gasteiger partial charge < -0.3 is 15.1 Å². The fourth-order valence-electron chi connectivity index (χ4n) is 3.18. The number of rotatable bonds is 2. The molecule has 2 rings (SSSR count). The van der Waals surface area contributed by atoms with Gasteiger partial charge >= 0.3 is 0 Å². The Morgan fingerprint density at radius 3 is 2.93 bits per heavy atom. The second-order valence-corrected chi connectivity index (χ2v) is 5.40. The molecule has 3 heteroatoms. The van der Waals surface area contributed by atoms with Gasteiger partial charge in [-0.1, -0.05) is 12.8 Å². The molecule has 1 heterocycles. The van der Waals surface area contributed by atoms with E-state index in [0.717, 1.165) is 38.9 Å². The average molecular weight is 213 g/mol. The molecule has 0 aromatic carbocycles. The first-order chi connectivity index (χ1) is 7.10. The van der Waals surface area contributed by atoms with Crippen LogP contribution in [0.15, 0.2) is 0 Å². The summed E-state index contributed by atoms with van der Waals surface area (Å²) in [5.74, 6) is 0.443. The lowest BCUT2D eigenvalue weighted by Crippen LogP contribution is -2.54. The van der Waals surface area contributed by atoms with Crippen molar-refractivity contribution in [3.05, 3.63) is 0 Å². The van der Waals surface area contributed by atoms with Crippen LogP contribution in [0, 0.1) is 5.92 Å². The predicted molar refractivity (Wildman–Crippen MR) is 59.6 cm³/mol. The maximum atomic E-state index is 10.5. The molecule has 2 aliphatic rings. The largest absolute Gasteiger partial charge is 0.392 e. The molecule has 88 valence electrons. The Hall–Kier alpha value is -0.120. The minimum atomic E-state index is -0.382. The summed E-state index contributed by atoms with van der Waals surface area (Å²) in [6, 6.07) is 0. The van der Waals surface area contributed by atoms with Crippen molar-refractivity contribution in [3.8, 4) is 0 Å². The lowest BCUT2D eigenvalue weighted by Gasteiger charge is -2.47. The fourth-order valence-corrected chi connectivity index (χ4v) is 3.18. The highest BCUT2D eigenvalue weighted by atomic mass is 16.3. The van der Waals surface area contributed by atoms with Crippen LogP contribution in [0.3, 0.4) is 0 Å². The van der Waals surface area contributed by atoms with Gasteiger partial charge in [-0.05, 0) is 26.2 Å². The molecule has 2 fully saturated rings. The minimum absolute atomic E-state index is 0.250. The van der Waals surface area contributed by atoms with Crippen molar-refractivity contribution in [1.82, 2.24) is 4.90 Å². The van der Waals surface area contributed by atoms with Crippen LogP contribution >= 0.6 is 0 Å². The van der Waals surface area contributed by atoms with E-state index in [2.05, 4.69) is 4.90 Å². The van der Waals surface area contributed by atoms with Gasteiger partial charge in [-0.2, -0.15) is 0 Å². The average Bonchev–Trinajstić information content (AvgIpc) is 2.17. The van der Waals surface area contributed by atoms with E-state index < -0.39 is 0 Å². The first-order valence-electron chi connectivity index (χ1n) is 6.23. The van der Waals surface area contributed by atoms with Crippen LogP contribution in [-0.4, -0.2) is 46.5 Å². The molecular weight excluding hydrogens is 190 g/mol. The van der Waals surface area contributed by atoms with Crippen molar-refractivity contribution in [2.75, 3.05) is 19.6 Å². The van der Waals surface area contributed by atoms with Crippen molar-refractivity contribution in [3.63, 3.8) is 0 Å². The number of hydrogen-bond donors (Lipinski definition) is 2. The molecule has 0 bridgehead atoms. The number of aliphatic hydroxyl groups excluding tert-OH is 1. The number of β-amino-alcohol motifs (C(OH)–C–C–N with tert-alkyl or cyclic N) is 1. The lowest BCUT2D eigenvalue weighted by atomic mass is 9.71. The van der Waals surface area contributed by atoms with Crippen molar-refractivity contribution in [1.29, 1.82) is 0 Å². The summed E-state index contributed by atoms with van der Waals surface area (Å²) < 4.78 is 0. The number of likely N-dealkylation sites (tertiary alicyclic amines) is 1. The second-order valence-electron chi connectivity index (χ2n) is 5.40. The third kappa shape index (κ3) is 2.52. The number of nitrogens with zero attached hydrogens (tertiary/aromatic N) is 1. The predicted octanol–water partition coefficient (Wildman–Crippen LogP) is 0.994. The SMILES string of the molecule is C[C@H](O)CN1CCC2(O)CCCCC2C1. The van der Waals surface area contributed by atoms with Gasteiger partial charge in [0.05, 0.1) is 11.7 Å². The molecule has 2 N–H and O–H groups in total. The first kappa shape index (κ1) is 11.4. The van der Waals surface area contributed by atoms with Gasteiger partial charge in [-0.15, -0.1) is 0 Å². The fraction of sp³-hybridized carbons (Fsp3) is 1.00. The van der Waals surface area contributed by atoms with Crippen molar-refractivity contribution < 1.29 is 10.2 Å². The highest BCUT2D eigenvalue weighted by Crippen LogP contribution is 2.39. The van der Waals surface area contributed by atoms with Gasteiger partial charge in [0.25, 0.3) is 0 Å². The lowest BCUT2D eigenvalue weighted by molar-refractivity contribution is -0.0992. The van der Waals surface area contributed by atoms with Crippen molar-refractivity contribution in [2.24, 2.45) is 5.92 Å². The van der Waals surface area contributed by atoms with E-state index >= 15 is 0 Å². The van der Waals surface area contributed by atoms with E-state index in [1.165, 1.54) is 12.8 Å². The second kappa shape index (κ2) is 4.40. The van der Waals surface area contributed by atoms with Gasteiger partial charge in [-0.3, -0.25) is 0 Å². The van der Waals surface area contributed by atoms with E-state index in [1.807, 2.05) is 6.92 Å². The van der Waals surface area contributed by atoms with Crippen LogP contribution in [-0.2, 0) is 0 Å². The summed E-state index contributed by atoms with van der Waals surface area (Å²) in [4.78, 5) is 2.30. The van der Waals surface area contributed by atoms with Gasteiger partial charge in [0.2, 0.25) is 0 Å². The van der Waals surface area contributed by atoms with E-state index in [1.54, 1.807) is 0 Å². The van der Waals surface area contributed by atoms with Gasteiger partial charge in [0, 0.05) is 25.6 Å². The maximum Gasteiger partial charge on any atom is 0.0700 e. The standard InChI is InChI=1S/C12H23NO2/c1-10(14)8-13-7-6-12(15)5-3-2-4-11(12)9-13/h10-11,14-15H,2-9H2,1H3/t10-,11?,12?/m0/s1. The molecule has 1 saturated carbocycles. The molecule has 0 spiro atoms. The maximum absolute atomic E-state index is 10.5. The monoisotopic (exact) mass is 213 g/mol. The molecule has 0 amide bonds. The molecule has 0 aromatic rings.